The van der Waals surface area contributed by atoms with Gasteiger partial charge in [-0.25, -0.2) is 0 Å². The second-order valence-corrected chi connectivity index (χ2v) is 5.39. The molecule has 100 valence electrons. The number of nitrogens with one attached hydrogen (secondary N) is 1. The summed E-state index contributed by atoms with van der Waals surface area (Å²) in [5.41, 5.74) is 0. The van der Waals surface area contributed by atoms with E-state index in [0.717, 1.165) is 45.0 Å². The van der Waals surface area contributed by atoms with Gasteiger partial charge in [-0.05, 0) is 38.8 Å². The van der Waals surface area contributed by atoms with E-state index in [9.17, 15) is 0 Å². The van der Waals surface area contributed by atoms with Gasteiger partial charge in [-0.15, -0.1) is 10.2 Å². The highest BCUT2D eigenvalue weighted by Gasteiger charge is 2.26. The van der Waals surface area contributed by atoms with E-state index in [1.807, 2.05) is 0 Å². The topological polar surface area (TPSA) is 52.0 Å². The van der Waals surface area contributed by atoms with E-state index in [0.29, 0.717) is 11.8 Å². The molecule has 18 heavy (non-hydrogen) atoms. The molecule has 1 aromatic heterocycles. The van der Waals surface area contributed by atoms with Crippen LogP contribution in [0.25, 0.3) is 0 Å². The van der Waals surface area contributed by atoms with E-state index < -0.39 is 0 Å². The minimum atomic E-state index is 0.534. The Morgan fingerprint density at radius 2 is 1.56 bits per heavy atom. The minimum absolute atomic E-state index is 0.534. The van der Waals surface area contributed by atoms with Gasteiger partial charge in [0.1, 0.15) is 11.6 Å². The van der Waals surface area contributed by atoms with E-state index in [2.05, 4.69) is 27.1 Å². The summed E-state index contributed by atoms with van der Waals surface area (Å²) in [6.07, 6.45) is 4.52. The van der Waals surface area contributed by atoms with Crippen LogP contribution in [0.1, 0.15) is 49.2 Å². The van der Waals surface area contributed by atoms with Crippen LogP contribution < -0.4 is 5.32 Å². The number of aromatic nitrogens is 3. The van der Waals surface area contributed by atoms with Crippen molar-refractivity contribution >= 4 is 0 Å². The molecule has 3 heterocycles. The average Bonchev–Trinajstić information content (AvgIpc) is 2.83. The first-order valence-electron chi connectivity index (χ1n) is 7.04. The monoisotopic (exact) mass is 250 g/mol. The Balaban J connectivity index is 1.78. The summed E-state index contributed by atoms with van der Waals surface area (Å²) in [6, 6.07) is 0. The molecule has 3 rings (SSSR count). The van der Waals surface area contributed by atoms with Crippen LogP contribution in [0.3, 0.4) is 0 Å². The van der Waals surface area contributed by atoms with Crippen molar-refractivity contribution in [3.05, 3.63) is 11.6 Å². The summed E-state index contributed by atoms with van der Waals surface area (Å²) in [5.74, 6) is 3.45. The van der Waals surface area contributed by atoms with Crippen LogP contribution in [0.4, 0.5) is 0 Å². The van der Waals surface area contributed by atoms with Gasteiger partial charge in [0, 0.05) is 32.1 Å². The predicted molar refractivity (Wildman–Crippen MR) is 68.6 cm³/mol. The van der Waals surface area contributed by atoms with E-state index >= 15 is 0 Å². The molecular formula is C13H22N4O. The van der Waals surface area contributed by atoms with Crippen LogP contribution in [-0.4, -0.2) is 41.1 Å². The second kappa shape index (κ2) is 5.36. The predicted octanol–water partition coefficient (Wildman–Crippen LogP) is 1.18. The molecule has 0 amide bonds. The highest BCUT2D eigenvalue weighted by Crippen LogP contribution is 2.29. The largest absolute Gasteiger partial charge is 0.381 e. The Bertz CT molecular complexity index is 356. The van der Waals surface area contributed by atoms with Crippen LogP contribution in [0, 0.1) is 0 Å². The normalized spacial score (nSPS) is 23.4. The fourth-order valence-corrected chi connectivity index (χ4v) is 3.10. The van der Waals surface area contributed by atoms with E-state index in [1.54, 1.807) is 0 Å². The lowest BCUT2D eigenvalue weighted by atomic mass is 9.96. The zero-order valence-corrected chi connectivity index (χ0v) is 11.1. The fourth-order valence-electron chi connectivity index (χ4n) is 3.10. The first-order valence-corrected chi connectivity index (χ1v) is 7.04. The highest BCUT2D eigenvalue weighted by atomic mass is 16.5. The number of hydrogen-bond donors (Lipinski definition) is 1. The van der Waals surface area contributed by atoms with Gasteiger partial charge >= 0.3 is 0 Å². The van der Waals surface area contributed by atoms with Crippen LogP contribution in [0.15, 0.2) is 0 Å². The molecule has 0 aliphatic carbocycles. The van der Waals surface area contributed by atoms with Gasteiger partial charge in [0.25, 0.3) is 0 Å². The van der Waals surface area contributed by atoms with Gasteiger partial charge in [0.15, 0.2) is 0 Å². The van der Waals surface area contributed by atoms with Crippen molar-refractivity contribution in [1.29, 1.82) is 0 Å². The number of rotatable bonds is 2. The van der Waals surface area contributed by atoms with Gasteiger partial charge in [-0.1, -0.05) is 0 Å². The fraction of sp³-hybridized carbons (Fsp3) is 0.846. The molecule has 2 saturated heterocycles. The maximum Gasteiger partial charge on any atom is 0.136 e. The summed E-state index contributed by atoms with van der Waals surface area (Å²) in [5, 5.41) is 12.3. The van der Waals surface area contributed by atoms with Crippen molar-refractivity contribution in [2.75, 3.05) is 26.3 Å². The first kappa shape index (κ1) is 12.1. The Morgan fingerprint density at radius 3 is 2.17 bits per heavy atom. The zero-order chi connectivity index (χ0) is 12.4. The summed E-state index contributed by atoms with van der Waals surface area (Å²) in [7, 11) is 2.13. The number of nitrogens with zero attached hydrogens (tertiary/aromatic N) is 3. The van der Waals surface area contributed by atoms with Gasteiger partial charge in [0.2, 0.25) is 0 Å². The summed E-state index contributed by atoms with van der Waals surface area (Å²) in [4.78, 5) is 0. The van der Waals surface area contributed by atoms with E-state index in [1.165, 1.54) is 18.7 Å². The molecule has 0 radical (unpaired) electrons. The molecule has 0 unspecified atom stereocenters. The Hall–Kier alpha value is -0.940. The molecular weight excluding hydrogens is 228 g/mol. The molecule has 0 aromatic carbocycles. The Labute approximate surface area is 108 Å². The maximum absolute atomic E-state index is 5.42. The lowest BCUT2D eigenvalue weighted by Gasteiger charge is -2.24. The van der Waals surface area contributed by atoms with Crippen LogP contribution >= 0.6 is 0 Å². The van der Waals surface area contributed by atoms with Crippen LogP contribution in [-0.2, 0) is 11.8 Å². The number of hydrogen-bond acceptors (Lipinski definition) is 4. The van der Waals surface area contributed by atoms with Gasteiger partial charge in [0.05, 0.1) is 0 Å². The third-order valence-electron chi connectivity index (χ3n) is 4.23. The van der Waals surface area contributed by atoms with Gasteiger partial charge < -0.3 is 14.6 Å². The highest BCUT2D eigenvalue weighted by molar-refractivity contribution is 5.07. The minimum Gasteiger partial charge on any atom is -0.381 e. The average molecular weight is 250 g/mol. The van der Waals surface area contributed by atoms with E-state index in [-0.39, 0.29) is 0 Å². The molecule has 0 saturated carbocycles. The maximum atomic E-state index is 5.42. The van der Waals surface area contributed by atoms with Crippen LogP contribution in [0.2, 0.25) is 0 Å². The van der Waals surface area contributed by atoms with Crippen LogP contribution in [0.5, 0.6) is 0 Å². The Kier molecular flexibility index (Phi) is 3.61. The van der Waals surface area contributed by atoms with Crippen molar-refractivity contribution in [2.24, 2.45) is 7.05 Å². The molecule has 2 fully saturated rings. The van der Waals surface area contributed by atoms with Gasteiger partial charge in [-0.2, -0.15) is 0 Å². The molecule has 1 aromatic rings. The molecule has 5 heteroatoms. The lowest BCUT2D eigenvalue weighted by molar-refractivity contribution is 0.0829. The molecule has 2 aliphatic heterocycles. The molecule has 0 bridgehead atoms. The van der Waals surface area contributed by atoms with Crippen molar-refractivity contribution in [2.45, 2.75) is 37.5 Å². The van der Waals surface area contributed by atoms with Crippen molar-refractivity contribution in [3.63, 3.8) is 0 Å². The van der Waals surface area contributed by atoms with Crippen molar-refractivity contribution < 1.29 is 4.74 Å². The number of ether oxygens (including phenoxy) is 1. The third-order valence-corrected chi connectivity index (χ3v) is 4.23. The lowest BCUT2D eigenvalue weighted by Crippen LogP contribution is -2.28. The molecule has 5 nitrogen and oxygen atoms in total. The smallest absolute Gasteiger partial charge is 0.136 e. The summed E-state index contributed by atoms with van der Waals surface area (Å²) < 4.78 is 7.66. The molecule has 2 aliphatic rings. The first-order chi connectivity index (χ1) is 8.86. The molecule has 0 spiro atoms. The summed E-state index contributed by atoms with van der Waals surface area (Å²) >= 11 is 0. The number of piperidine rings is 1. The summed E-state index contributed by atoms with van der Waals surface area (Å²) in [6.45, 7) is 3.93. The molecule has 0 atom stereocenters. The standard InChI is InChI=1S/C13H22N4O/c1-17-12(10-2-6-14-7-3-10)15-16-13(17)11-4-8-18-9-5-11/h10-11,14H,2-9H2,1H3. The van der Waals surface area contributed by atoms with Gasteiger partial charge in [-0.3, -0.25) is 0 Å². The Morgan fingerprint density at radius 1 is 1.00 bits per heavy atom. The van der Waals surface area contributed by atoms with E-state index in [4.69, 9.17) is 4.74 Å². The molecule has 1 N–H and O–H groups in total. The SMILES string of the molecule is Cn1c(C2CCNCC2)nnc1C1CCOCC1. The zero-order valence-electron chi connectivity index (χ0n) is 11.1. The second-order valence-electron chi connectivity index (χ2n) is 5.39. The third kappa shape index (κ3) is 2.29. The van der Waals surface area contributed by atoms with Crippen molar-refractivity contribution in [1.82, 2.24) is 20.1 Å². The quantitative estimate of drug-likeness (QED) is 0.856. The van der Waals surface area contributed by atoms with Crippen molar-refractivity contribution in [3.8, 4) is 0 Å².